The first-order valence-electron chi connectivity index (χ1n) is 13.1. The summed E-state index contributed by atoms with van der Waals surface area (Å²) in [5.74, 6) is -0.903. The number of hydrogen-bond acceptors (Lipinski definition) is 6. The summed E-state index contributed by atoms with van der Waals surface area (Å²) in [6.45, 7) is 2.50. The zero-order valence-electron chi connectivity index (χ0n) is 22.7. The van der Waals surface area contributed by atoms with Gasteiger partial charge in [-0.05, 0) is 71.6 Å². The van der Waals surface area contributed by atoms with Crippen molar-refractivity contribution in [1.29, 1.82) is 0 Å². The number of ketones is 1. The highest BCUT2D eigenvalue weighted by atomic mass is 16.5. The van der Waals surface area contributed by atoms with Gasteiger partial charge in [0.2, 0.25) is 0 Å². The predicted octanol–water partition coefficient (Wildman–Crippen LogP) is 5.66. The van der Waals surface area contributed by atoms with Gasteiger partial charge in [-0.2, -0.15) is 0 Å². The topological polar surface area (TPSA) is 83.0 Å². The van der Waals surface area contributed by atoms with Crippen LogP contribution < -0.4 is 9.64 Å². The minimum atomic E-state index is -0.751. The number of anilines is 1. The summed E-state index contributed by atoms with van der Waals surface area (Å²) in [6.07, 6.45) is 3.30. The van der Waals surface area contributed by atoms with Crippen molar-refractivity contribution in [3.63, 3.8) is 0 Å². The number of hydrogen-bond donors (Lipinski definition) is 1. The predicted molar refractivity (Wildman–Crippen MR) is 155 cm³/mol. The van der Waals surface area contributed by atoms with E-state index >= 15 is 0 Å². The van der Waals surface area contributed by atoms with Crippen molar-refractivity contribution in [2.75, 3.05) is 19.0 Å². The fourth-order valence-corrected chi connectivity index (χ4v) is 4.88. The van der Waals surface area contributed by atoms with Crippen LogP contribution in [0.5, 0.6) is 5.75 Å². The molecule has 1 unspecified atom stereocenters. The molecule has 4 aromatic rings. The van der Waals surface area contributed by atoms with Crippen LogP contribution >= 0.6 is 0 Å². The molecule has 0 saturated carbocycles. The number of ether oxygens (including phenoxy) is 1. The number of pyridine rings is 1. The molecule has 1 N–H and O–H groups in total. The van der Waals surface area contributed by atoms with Crippen LogP contribution in [0.4, 0.5) is 5.69 Å². The number of aliphatic hydroxyl groups excluding tert-OH is 1. The number of likely N-dealkylation sites (tertiary alicyclic amines) is 1. The van der Waals surface area contributed by atoms with Gasteiger partial charge in [0.1, 0.15) is 18.1 Å². The summed E-state index contributed by atoms with van der Waals surface area (Å²) in [7, 11) is 3.89. The molecule has 0 bridgehead atoms. The molecule has 1 fully saturated rings. The van der Waals surface area contributed by atoms with E-state index in [1.165, 1.54) is 4.90 Å². The van der Waals surface area contributed by atoms with Crippen LogP contribution in [0.25, 0.3) is 5.76 Å². The Bertz CT molecular complexity index is 1550. The summed E-state index contributed by atoms with van der Waals surface area (Å²) in [6, 6.07) is 25.6. The van der Waals surface area contributed by atoms with Crippen LogP contribution in [0.15, 0.2) is 103 Å². The van der Waals surface area contributed by atoms with Crippen molar-refractivity contribution >= 4 is 23.1 Å². The van der Waals surface area contributed by atoms with Crippen molar-refractivity contribution in [2.24, 2.45) is 0 Å². The molecule has 1 aliphatic heterocycles. The third kappa shape index (κ3) is 5.45. The minimum absolute atomic E-state index is 0.0639. The molecule has 3 aromatic carbocycles. The second kappa shape index (κ2) is 11.5. The number of aromatic nitrogens is 1. The lowest BCUT2D eigenvalue weighted by atomic mass is 9.94. The van der Waals surface area contributed by atoms with E-state index in [9.17, 15) is 14.7 Å². The van der Waals surface area contributed by atoms with E-state index in [2.05, 4.69) is 4.98 Å². The van der Waals surface area contributed by atoms with E-state index in [0.717, 1.165) is 27.9 Å². The molecule has 7 heteroatoms. The lowest BCUT2D eigenvalue weighted by Gasteiger charge is -2.26. The summed E-state index contributed by atoms with van der Waals surface area (Å²) < 4.78 is 5.99. The second-order valence-corrected chi connectivity index (χ2v) is 10.0. The first-order valence-corrected chi connectivity index (χ1v) is 13.1. The van der Waals surface area contributed by atoms with Gasteiger partial charge in [0, 0.05) is 44.3 Å². The van der Waals surface area contributed by atoms with Crippen molar-refractivity contribution in [3.05, 3.63) is 131 Å². The summed E-state index contributed by atoms with van der Waals surface area (Å²) >= 11 is 0. The fourth-order valence-electron chi connectivity index (χ4n) is 4.88. The van der Waals surface area contributed by atoms with Crippen molar-refractivity contribution < 1.29 is 19.4 Å². The first kappa shape index (κ1) is 26.7. The zero-order valence-corrected chi connectivity index (χ0v) is 22.7. The molecular weight excluding hydrogens is 502 g/mol. The van der Waals surface area contributed by atoms with E-state index in [0.29, 0.717) is 17.9 Å². The SMILES string of the molecule is Cc1cc(/C(O)=C2/C(=O)C(=O)N(Cc3ccncc3)C2c2ccc(N(C)C)cc2)ccc1OCc1ccccc1. The van der Waals surface area contributed by atoms with Crippen LogP contribution in [0.3, 0.4) is 0 Å². The highest BCUT2D eigenvalue weighted by Gasteiger charge is 2.46. The number of benzene rings is 3. The van der Waals surface area contributed by atoms with Crippen LogP contribution in [-0.4, -0.2) is 40.8 Å². The maximum atomic E-state index is 13.4. The number of aliphatic hydroxyl groups is 1. The van der Waals surface area contributed by atoms with Gasteiger partial charge >= 0.3 is 0 Å². The molecule has 1 atom stereocenters. The van der Waals surface area contributed by atoms with Gasteiger partial charge < -0.3 is 19.6 Å². The Hall–Kier alpha value is -4.91. The average Bonchev–Trinajstić information content (AvgIpc) is 3.22. The molecule has 202 valence electrons. The third-order valence-electron chi connectivity index (χ3n) is 7.05. The maximum absolute atomic E-state index is 13.4. The molecule has 0 aliphatic carbocycles. The Morgan fingerprint density at radius 3 is 2.27 bits per heavy atom. The van der Waals surface area contributed by atoms with Crippen LogP contribution in [0, 0.1) is 6.92 Å². The van der Waals surface area contributed by atoms with Gasteiger partial charge in [0.25, 0.3) is 11.7 Å². The molecule has 1 aromatic heterocycles. The quantitative estimate of drug-likeness (QED) is 0.179. The number of carbonyl (C=O) groups excluding carboxylic acids is 2. The van der Waals surface area contributed by atoms with Gasteiger partial charge in [-0.15, -0.1) is 0 Å². The molecule has 7 nitrogen and oxygen atoms in total. The average molecular weight is 534 g/mol. The van der Waals surface area contributed by atoms with E-state index < -0.39 is 17.7 Å². The lowest BCUT2D eigenvalue weighted by Crippen LogP contribution is -2.29. The molecule has 1 amide bonds. The van der Waals surface area contributed by atoms with Gasteiger partial charge in [0.05, 0.1) is 11.6 Å². The monoisotopic (exact) mass is 533 g/mol. The van der Waals surface area contributed by atoms with E-state index in [-0.39, 0.29) is 17.9 Å². The van der Waals surface area contributed by atoms with E-state index in [4.69, 9.17) is 4.74 Å². The Labute approximate surface area is 234 Å². The van der Waals surface area contributed by atoms with Crippen molar-refractivity contribution in [2.45, 2.75) is 26.1 Å². The number of carbonyl (C=O) groups is 2. The zero-order chi connectivity index (χ0) is 28.2. The molecule has 40 heavy (non-hydrogen) atoms. The number of Topliss-reactive ketones (excluding diaryl/α,β-unsaturated/α-hetero) is 1. The number of nitrogens with zero attached hydrogens (tertiary/aromatic N) is 3. The molecule has 0 radical (unpaired) electrons. The Morgan fingerprint density at radius 2 is 1.62 bits per heavy atom. The summed E-state index contributed by atoms with van der Waals surface area (Å²) in [4.78, 5) is 34.3. The molecule has 2 heterocycles. The Balaban J connectivity index is 1.52. The molecule has 0 spiro atoms. The molecule has 1 aliphatic rings. The largest absolute Gasteiger partial charge is 0.507 e. The normalized spacial score (nSPS) is 16.3. The number of rotatable bonds is 8. The van der Waals surface area contributed by atoms with Crippen molar-refractivity contribution in [1.82, 2.24) is 9.88 Å². The minimum Gasteiger partial charge on any atom is -0.507 e. The smallest absolute Gasteiger partial charge is 0.295 e. The van der Waals surface area contributed by atoms with Crippen LogP contribution in [0.2, 0.25) is 0 Å². The first-order chi connectivity index (χ1) is 19.3. The van der Waals surface area contributed by atoms with Crippen LogP contribution in [0.1, 0.15) is 33.9 Å². The van der Waals surface area contributed by atoms with E-state index in [1.54, 1.807) is 30.6 Å². The number of amides is 1. The molecule has 1 saturated heterocycles. The Morgan fingerprint density at radius 1 is 0.925 bits per heavy atom. The van der Waals surface area contributed by atoms with Gasteiger partial charge in [-0.1, -0.05) is 42.5 Å². The van der Waals surface area contributed by atoms with Gasteiger partial charge in [-0.3, -0.25) is 14.6 Å². The second-order valence-electron chi connectivity index (χ2n) is 10.0. The molecule has 5 rings (SSSR count). The van der Waals surface area contributed by atoms with Crippen LogP contribution in [-0.2, 0) is 22.7 Å². The fraction of sp³-hybridized carbons (Fsp3) is 0.182. The number of aryl methyl sites for hydroxylation is 1. The standard InChI is InChI=1S/C33H31N3O4/c1-22-19-26(11-14-28(22)40-21-24-7-5-4-6-8-24)31(37)29-30(25-9-12-27(13-10-25)35(2)3)36(33(39)32(29)38)20-23-15-17-34-18-16-23/h4-19,30,37H,20-21H2,1-3H3/b31-29-. The highest BCUT2D eigenvalue weighted by molar-refractivity contribution is 6.46. The third-order valence-corrected chi connectivity index (χ3v) is 7.05. The van der Waals surface area contributed by atoms with Gasteiger partial charge in [-0.25, -0.2) is 0 Å². The van der Waals surface area contributed by atoms with Crippen molar-refractivity contribution in [3.8, 4) is 5.75 Å². The lowest BCUT2D eigenvalue weighted by molar-refractivity contribution is -0.140. The Kier molecular flexibility index (Phi) is 7.64. The highest BCUT2D eigenvalue weighted by Crippen LogP contribution is 2.41. The maximum Gasteiger partial charge on any atom is 0.295 e. The summed E-state index contributed by atoms with van der Waals surface area (Å²) in [5, 5.41) is 11.5. The molecular formula is C33H31N3O4. The summed E-state index contributed by atoms with van der Waals surface area (Å²) in [5.41, 5.74) is 4.91. The van der Waals surface area contributed by atoms with E-state index in [1.807, 2.05) is 92.6 Å². The van der Waals surface area contributed by atoms with Gasteiger partial charge in [0.15, 0.2) is 0 Å².